The highest BCUT2D eigenvalue weighted by Gasteiger charge is 2.26. The average Bonchev–Trinajstić information content (AvgIpc) is 2.51. The van der Waals surface area contributed by atoms with Gasteiger partial charge in [-0.1, -0.05) is 20.8 Å². The van der Waals surface area contributed by atoms with Gasteiger partial charge in [0.15, 0.2) is 0 Å². The van der Waals surface area contributed by atoms with Crippen LogP contribution in [0.5, 0.6) is 5.75 Å². The minimum atomic E-state index is -0.287. The molecule has 1 aliphatic carbocycles. The first kappa shape index (κ1) is 17.6. The van der Waals surface area contributed by atoms with E-state index in [0.717, 1.165) is 24.2 Å². The highest BCUT2D eigenvalue weighted by molar-refractivity contribution is 5.87. The van der Waals surface area contributed by atoms with E-state index < -0.39 is 0 Å². The second-order valence-corrected chi connectivity index (χ2v) is 7.05. The first-order valence-electron chi connectivity index (χ1n) is 8.46. The summed E-state index contributed by atoms with van der Waals surface area (Å²) in [5.74, 6) is 0.741. The fourth-order valence-corrected chi connectivity index (χ4v) is 3.23. The third-order valence-electron chi connectivity index (χ3n) is 4.33. The summed E-state index contributed by atoms with van der Waals surface area (Å²) in [6.07, 6.45) is 7.90. The zero-order valence-electron chi connectivity index (χ0n) is 15.0. The smallest absolute Gasteiger partial charge is 0.330 e. The van der Waals surface area contributed by atoms with Gasteiger partial charge in [0, 0.05) is 11.6 Å². The lowest BCUT2D eigenvalue weighted by Gasteiger charge is -2.29. The van der Waals surface area contributed by atoms with Crippen molar-refractivity contribution in [3.05, 3.63) is 34.4 Å². The lowest BCUT2D eigenvalue weighted by Crippen LogP contribution is -2.17. The molecule has 2 rings (SSSR count). The Kier molecular flexibility index (Phi) is 5.51. The molecule has 0 saturated carbocycles. The van der Waals surface area contributed by atoms with Gasteiger partial charge in [-0.2, -0.15) is 0 Å². The SMILES string of the molecule is CCOC(=O)/C=C/c1cc(C(C)(C)C)c(OC)c2c1CCCC2. The normalized spacial score (nSPS) is 14.7. The Bertz CT molecular complexity index is 606. The van der Waals surface area contributed by atoms with Crippen LogP contribution >= 0.6 is 0 Å². The molecule has 0 fully saturated rings. The van der Waals surface area contributed by atoms with Crippen molar-refractivity contribution in [3.63, 3.8) is 0 Å². The molecule has 3 heteroatoms. The van der Waals surface area contributed by atoms with Crippen molar-refractivity contribution < 1.29 is 14.3 Å². The van der Waals surface area contributed by atoms with Crippen LogP contribution in [0.4, 0.5) is 0 Å². The summed E-state index contributed by atoms with van der Waals surface area (Å²) < 4.78 is 10.8. The van der Waals surface area contributed by atoms with E-state index in [0.29, 0.717) is 6.61 Å². The Morgan fingerprint density at radius 2 is 1.87 bits per heavy atom. The maximum Gasteiger partial charge on any atom is 0.330 e. The van der Waals surface area contributed by atoms with E-state index in [1.807, 2.05) is 13.0 Å². The molecule has 3 nitrogen and oxygen atoms in total. The molecular weight excluding hydrogens is 288 g/mol. The van der Waals surface area contributed by atoms with Gasteiger partial charge in [-0.15, -0.1) is 0 Å². The Hall–Kier alpha value is -1.77. The van der Waals surface area contributed by atoms with E-state index >= 15 is 0 Å². The molecule has 0 bridgehead atoms. The van der Waals surface area contributed by atoms with Gasteiger partial charge in [0.1, 0.15) is 5.75 Å². The Morgan fingerprint density at radius 1 is 1.22 bits per heavy atom. The molecule has 0 radical (unpaired) electrons. The van der Waals surface area contributed by atoms with Gasteiger partial charge >= 0.3 is 5.97 Å². The molecular formula is C20H28O3. The van der Waals surface area contributed by atoms with Crippen molar-refractivity contribution in [2.24, 2.45) is 0 Å². The van der Waals surface area contributed by atoms with E-state index in [2.05, 4.69) is 26.8 Å². The molecule has 1 aromatic carbocycles. The second-order valence-electron chi connectivity index (χ2n) is 7.05. The number of fused-ring (bicyclic) bond motifs is 1. The van der Waals surface area contributed by atoms with Crippen LogP contribution in [-0.2, 0) is 27.8 Å². The summed E-state index contributed by atoms with van der Waals surface area (Å²) in [6.45, 7) is 8.80. The summed E-state index contributed by atoms with van der Waals surface area (Å²) in [5.41, 5.74) is 4.95. The van der Waals surface area contributed by atoms with Gasteiger partial charge in [-0.3, -0.25) is 0 Å². The minimum absolute atomic E-state index is 0.00959. The van der Waals surface area contributed by atoms with Crippen molar-refractivity contribution in [3.8, 4) is 5.75 Å². The average molecular weight is 316 g/mol. The highest BCUT2D eigenvalue weighted by atomic mass is 16.5. The molecule has 1 aliphatic rings. The van der Waals surface area contributed by atoms with Gasteiger partial charge in [0.25, 0.3) is 0 Å². The van der Waals surface area contributed by atoms with Crippen LogP contribution in [0.25, 0.3) is 6.08 Å². The molecule has 0 spiro atoms. The van der Waals surface area contributed by atoms with Crippen LogP contribution in [0.2, 0.25) is 0 Å². The number of methoxy groups -OCH3 is 1. The summed E-state index contributed by atoms with van der Waals surface area (Å²) in [5, 5.41) is 0. The van der Waals surface area contributed by atoms with Crippen LogP contribution in [0.15, 0.2) is 12.1 Å². The van der Waals surface area contributed by atoms with Crippen molar-refractivity contribution in [1.29, 1.82) is 0 Å². The Morgan fingerprint density at radius 3 is 2.43 bits per heavy atom. The van der Waals surface area contributed by atoms with Gasteiger partial charge in [-0.05, 0) is 66.9 Å². The van der Waals surface area contributed by atoms with Crippen LogP contribution in [0.1, 0.15) is 62.8 Å². The van der Waals surface area contributed by atoms with E-state index in [1.54, 1.807) is 7.11 Å². The van der Waals surface area contributed by atoms with E-state index in [4.69, 9.17) is 9.47 Å². The minimum Gasteiger partial charge on any atom is -0.496 e. The first-order chi connectivity index (χ1) is 10.9. The molecule has 0 atom stereocenters. The van der Waals surface area contributed by atoms with Crippen LogP contribution in [-0.4, -0.2) is 19.7 Å². The van der Waals surface area contributed by atoms with Crippen molar-refractivity contribution >= 4 is 12.0 Å². The molecule has 0 aromatic heterocycles. The van der Waals surface area contributed by atoms with Crippen molar-refractivity contribution in [2.45, 2.75) is 58.8 Å². The molecule has 0 heterocycles. The zero-order chi connectivity index (χ0) is 17.0. The fraction of sp³-hybridized carbons (Fsp3) is 0.550. The summed E-state index contributed by atoms with van der Waals surface area (Å²) in [4.78, 5) is 11.7. The number of hydrogen-bond acceptors (Lipinski definition) is 3. The Balaban J connectivity index is 2.55. The molecule has 0 amide bonds. The third-order valence-corrected chi connectivity index (χ3v) is 4.33. The van der Waals surface area contributed by atoms with Gasteiger partial charge in [0.05, 0.1) is 13.7 Å². The van der Waals surface area contributed by atoms with Crippen LogP contribution in [0, 0.1) is 0 Å². The zero-order valence-corrected chi connectivity index (χ0v) is 15.0. The molecule has 0 saturated heterocycles. The number of carbonyl (C=O) groups excluding carboxylic acids is 1. The van der Waals surface area contributed by atoms with E-state index in [9.17, 15) is 4.79 Å². The molecule has 0 unspecified atom stereocenters. The maximum absolute atomic E-state index is 11.7. The number of rotatable bonds is 4. The topological polar surface area (TPSA) is 35.5 Å². The van der Waals surface area contributed by atoms with Crippen LogP contribution in [0.3, 0.4) is 0 Å². The van der Waals surface area contributed by atoms with E-state index in [-0.39, 0.29) is 11.4 Å². The van der Waals surface area contributed by atoms with Gasteiger partial charge < -0.3 is 9.47 Å². The van der Waals surface area contributed by atoms with Crippen LogP contribution < -0.4 is 4.74 Å². The summed E-state index contributed by atoms with van der Waals surface area (Å²) in [6, 6.07) is 2.18. The number of hydrogen-bond donors (Lipinski definition) is 0. The standard InChI is InChI=1S/C20H28O3/c1-6-23-18(21)12-11-14-13-17(20(2,3)4)19(22-5)16-10-8-7-9-15(14)16/h11-13H,6-10H2,1-5H3/b12-11+. The lowest BCUT2D eigenvalue weighted by atomic mass is 9.78. The number of esters is 1. The second kappa shape index (κ2) is 7.20. The third kappa shape index (κ3) is 3.95. The fourth-order valence-electron chi connectivity index (χ4n) is 3.23. The van der Waals surface area contributed by atoms with Crippen molar-refractivity contribution in [2.75, 3.05) is 13.7 Å². The highest BCUT2D eigenvalue weighted by Crippen LogP contribution is 2.41. The predicted octanol–water partition coefficient (Wildman–Crippen LogP) is 4.45. The van der Waals surface area contributed by atoms with Crippen molar-refractivity contribution in [1.82, 2.24) is 0 Å². The Labute approximate surface area is 139 Å². The quantitative estimate of drug-likeness (QED) is 0.608. The first-order valence-corrected chi connectivity index (χ1v) is 8.46. The van der Waals surface area contributed by atoms with Gasteiger partial charge in [0.2, 0.25) is 0 Å². The molecule has 126 valence electrons. The lowest BCUT2D eigenvalue weighted by molar-refractivity contribution is -0.137. The largest absolute Gasteiger partial charge is 0.496 e. The molecule has 0 aliphatic heterocycles. The predicted molar refractivity (Wildman–Crippen MR) is 94.0 cm³/mol. The summed E-state index contributed by atoms with van der Waals surface area (Å²) >= 11 is 0. The number of ether oxygens (including phenoxy) is 2. The number of benzene rings is 1. The maximum atomic E-state index is 11.7. The molecule has 1 aromatic rings. The monoisotopic (exact) mass is 316 g/mol. The van der Waals surface area contributed by atoms with Gasteiger partial charge in [-0.25, -0.2) is 4.79 Å². The molecule has 0 N–H and O–H groups in total. The molecule has 23 heavy (non-hydrogen) atoms. The van der Waals surface area contributed by atoms with E-state index in [1.165, 1.54) is 35.6 Å². The number of carbonyl (C=O) groups is 1. The summed E-state index contributed by atoms with van der Waals surface area (Å²) in [7, 11) is 1.76.